The molecular weight excluding hydrogens is 168 g/mol. The van der Waals surface area contributed by atoms with Crippen LogP contribution in [0.25, 0.3) is 0 Å². The summed E-state index contributed by atoms with van der Waals surface area (Å²) < 4.78 is 0. The van der Waals surface area contributed by atoms with Gasteiger partial charge in [-0.1, -0.05) is 0 Å². The lowest BCUT2D eigenvalue weighted by molar-refractivity contribution is 0.281. The molecular formula is C8H14N4O. The number of nitrogens with one attached hydrogen (secondary N) is 1. The van der Waals surface area contributed by atoms with E-state index in [0.717, 1.165) is 0 Å². The summed E-state index contributed by atoms with van der Waals surface area (Å²) in [4.78, 5) is 8.07. The van der Waals surface area contributed by atoms with Crippen molar-refractivity contribution in [2.45, 2.75) is 19.5 Å². The number of aliphatic hydroxyl groups is 1. The zero-order valence-electron chi connectivity index (χ0n) is 7.57. The monoisotopic (exact) mass is 182 g/mol. The van der Waals surface area contributed by atoms with Gasteiger partial charge < -0.3 is 16.2 Å². The summed E-state index contributed by atoms with van der Waals surface area (Å²) >= 11 is 0. The fourth-order valence-corrected chi connectivity index (χ4v) is 0.876. The largest absolute Gasteiger partial charge is 0.394 e. The van der Waals surface area contributed by atoms with E-state index in [0.29, 0.717) is 18.2 Å². The minimum absolute atomic E-state index is 0.0134. The van der Waals surface area contributed by atoms with Crippen LogP contribution < -0.4 is 11.1 Å². The fraction of sp³-hybridized carbons (Fsp3) is 0.500. The highest BCUT2D eigenvalue weighted by Crippen LogP contribution is 2.03. The molecule has 1 rings (SSSR count). The van der Waals surface area contributed by atoms with Crippen molar-refractivity contribution in [2.75, 3.05) is 11.9 Å². The minimum atomic E-state index is -0.0134. The van der Waals surface area contributed by atoms with Crippen LogP contribution in [0.4, 0.5) is 5.82 Å². The molecule has 0 aliphatic carbocycles. The Hall–Kier alpha value is -1.20. The van der Waals surface area contributed by atoms with Gasteiger partial charge in [0.2, 0.25) is 0 Å². The maximum Gasteiger partial charge on any atom is 0.144 e. The van der Waals surface area contributed by atoms with E-state index in [1.165, 1.54) is 0 Å². The molecule has 0 aliphatic heterocycles. The molecule has 1 heterocycles. The Morgan fingerprint density at radius 2 is 2.46 bits per heavy atom. The second kappa shape index (κ2) is 4.74. The first-order valence-electron chi connectivity index (χ1n) is 4.15. The van der Waals surface area contributed by atoms with Gasteiger partial charge in [0.15, 0.2) is 0 Å². The van der Waals surface area contributed by atoms with Crippen molar-refractivity contribution < 1.29 is 5.11 Å². The van der Waals surface area contributed by atoms with Gasteiger partial charge >= 0.3 is 0 Å². The predicted octanol–water partition coefficient (Wildman–Crippen LogP) is -0.272. The third-order valence-corrected chi connectivity index (χ3v) is 1.56. The smallest absolute Gasteiger partial charge is 0.144 e. The Labute approximate surface area is 77.0 Å². The van der Waals surface area contributed by atoms with E-state index in [4.69, 9.17) is 10.8 Å². The molecule has 13 heavy (non-hydrogen) atoms. The van der Waals surface area contributed by atoms with Crippen LogP contribution in [0, 0.1) is 0 Å². The average Bonchev–Trinajstić information content (AvgIpc) is 2.18. The Bertz CT molecular complexity index is 266. The summed E-state index contributed by atoms with van der Waals surface area (Å²) in [5.74, 6) is 1.28. The van der Waals surface area contributed by atoms with E-state index in [2.05, 4.69) is 15.3 Å². The van der Waals surface area contributed by atoms with Gasteiger partial charge in [-0.25, -0.2) is 9.97 Å². The lowest BCUT2D eigenvalue weighted by atomic mass is 10.3. The molecule has 0 aromatic carbocycles. The lowest BCUT2D eigenvalue weighted by Crippen LogP contribution is -2.20. The third kappa shape index (κ3) is 2.96. The van der Waals surface area contributed by atoms with Crippen molar-refractivity contribution in [1.82, 2.24) is 9.97 Å². The summed E-state index contributed by atoms with van der Waals surface area (Å²) in [7, 11) is 0. The van der Waals surface area contributed by atoms with Gasteiger partial charge in [-0.2, -0.15) is 0 Å². The van der Waals surface area contributed by atoms with Crippen LogP contribution >= 0.6 is 0 Å². The Morgan fingerprint density at radius 1 is 1.69 bits per heavy atom. The highest BCUT2D eigenvalue weighted by atomic mass is 16.3. The second-order valence-corrected chi connectivity index (χ2v) is 2.79. The van der Waals surface area contributed by atoms with E-state index in [1.54, 1.807) is 12.3 Å². The third-order valence-electron chi connectivity index (χ3n) is 1.56. The van der Waals surface area contributed by atoms with Crippen molar-refractivity contribution in [3.63, 3.8) is 0 Å². The Balaban J connectivity index is 2.66. The molecule has 5 nitrogen and oxygen atoms in total. The van der Waals surface area contributed by atoms with E-state index in [1.807, 2.05) is 6.92 Å². The van der Waals surface area contributed by atoms with Crippen molar-refractivity contribution in [2.24, 2.45) is 5.73 Å². The molecule has 0 radical (unpaired) electrons. The summed E-state index contributed by atoms with van der Waals surface area (Å²) in [6, 6.07) is 1.73. The molecule has 0 bridgehead atoms. The van der Waals surface area contributed by atoms with Crippen molar-refractivity contribution in [3.8, 4) is 0 Å². The average molecular weight is 182 g/mol. The molecule has 0 saturated carbocycles. The van der Waals surface area contributed by atoms with Crippen LogP contribution in [-0.2, 0) is 6.54 Å². The van der Waals surface area contributed by atoms with Gasteiger partial charge in [-0.15, -0.1) is 0 Å². The zero-order valence-corrected chi connectivity index (χ0v) is 7.57. The molecule has 72 valence electrons. The number of nitrogens with zero attached hydrogens (tertiary/aromatic N) is 2. The Morgan fingerprint density at radius 3 is 3.08 bits per heavy atom. The maximum atomic E-state index is 8.79. The predicted molar refractivity (Wildman–Crippen MR) is 50.1 cm³/mol. The van der Waals surface area contributed by atoms with Crippen LogP contribution in [0.5, 0.6) is 0 Å². The van der Waals surface area contributed by atoms with E-state index < -0.39 is 0 Å². The van der Waals surface area contributed by atoms with Gasteiger partial charge in [-0.3, -0.25) is 0 Å². The van der Waals surface area contributed by atoms with E-state index in [9.17, 15) is 0 Å². The molecule has 1 aromatic heterocycles. The number of anilines is 1. The molecule has 1 unspecified atom stereocenters. The topological polar surface area (TPSA) is 84.1 Å². The lowest BCUT2D eigenvalue weighted by Gasteiger charge is -2.11. The van der Waals surface area contributed by atoms with Gasteiger partial charge in [0, 0.05) is 12.2 Å². The van der Waals surface area contributed by atoms with Crippen LogP contribution in [0.15, 0.2) is 12.3 Å². The molecule has 5 heteroatoms. The van der Waals surface area contributed by atoms with E-state index >= 15 is 0 Å². The fourth-order valence-electron chi connectivity index (χ4n) is 0.876. The number of rotatable bonds is 4. The zero-order chi connectivity index (χ0) is 9.68. The number of hydrogen-bond acceptors (Lipinski definition) is 5. The first-order valence-corrected chi connectivity index (χ1v) is 4.15. The minimum Gasteiger partial charge on any atom is -0.394 e. The van der Waals surface area contributed by atoms with Gasteiger partial charge in [0.1, 0.15) is 11.6 Å². The first-order chi connectivity index (χ1) is 6.26. The summed E-state index contributed by atoms with van der Waals surface area (Å²) in [5, 5.41) is 11.8. The molecule has 0 fully saturated rings. The van der Waals surface area contributed by atoms with Crippen LogP contribution in [-0.4, -0.2) is 27.7 Å². The van der Waals surface area contributed by atoms with Crippen LogP contribution in [0.1, 0.15) is 12.7 Å². The molecule has 0 saturated heterocycles. The summed E-state index contributed by atoms with van der Waals surface area (Å²) in [5.41, 5.74) is 5.38. The summed E-state index contributed by atoms with van der Waals surface area (Å²) in [6.07, 6.45) is 1.64. The number of nitrogens with two attached hydrogens (primary N) is 1. The van der Waals surface area contributed by atoms with Gasteiger partial charge in [0.05, 0.1) is 13.2 Å². The van der Waals surface area contributed by atoms with Crippen molar-refractivity contribution in [1.29, 1.82) is 0 Å². The molecule has 1 atom stereocenters. The number of aliphatic hydroxyl groups excluding tert-OH is 1. The second-order valence-electron chi connectivity index (χ2n) is 2.79. The molecule has 0 spiro atoms. The standard InChI is InChI=1S/C8H14N4O/c1-6(5-13)11-7-2-3-10-8(4-9)12-7/h2-3,6,13H,4-5,9H2,1H3,(H,10,11,12). The summed E-state index contributed by atoms with van der Waals surface area (Å²) in [6.45, 7) is 2.26. The van der Waals surface area contributed by atoms with Crippen molar-refractivity contribution in [3.05, 3.63) is 18.1 Å². The molecule has 1 aromatic rings. The molecule has 4 N–H and O–H groups in total. The highest BCUT2D eigenvalue weighted by Gasteiger charge is 2.01. The quantitative estimate of drug-likeness (QED) is 0.597. The normalized spacial score (nSPS) is 12.5. The molecule has 0 aliphatic rings. The maximum absolute atomic E-state index is 8.79. The number of aromatic nitrogens is 2. The highest BCUT2D eigenvalue weighted by molar-refractivity contribution is 5.33. The van der Waals surface area contributed by atoms with Crippen LogP contribution in [0.2, 0.25) is 0 Å². The van der Waals surface area contributed by atoms with Gasteiger partial charge in [0.25, 0.3) is 0 Å². The van der Waals surface area contributed by atoms with Crippen molar-refractivity contribution >= 4 is 5.82 Å². The SMILES string of the molecule is CC(CO)Nc1ccnc(CN)n1. The van der Waals surface area contributed by atoms with Gasteiger partial charge in [-0.05, 0) is 13.0 Å². The first kappa shape index (κ1) is 9.88. The molecule has 0 amide bonds. The van der Waals surface area contributed by atoms with Crippen LogP contribution in [0.3, 0.4) is 0 Å². The Kier molecular flexibility index (Phi) is 3.60. The van der Waals surface area contributed by atoms with E-state index in [-0.39, 0.29) is 12.6 Å². The number of hydrogen-bond donors (Lipinski definition) is 3.